The minimum atomic E-state index is -0.112. The summed E-state index contributed by atoms with van der Waals surface area (Å²) in [6.07, 6.45) is 8.05. The summed E-state index contributed by atoms with van der Waals surface area (Å²) in [4.78, 5) is 0. The Morgan fingerprint density at radius 1 is 1.23 bits per heavy atom. The van der Waals surface area contributed by atoms with E-state index in [4.69, 9.17) is 10.5 Å². The summed E-state index contributed by atoms with van der Waals surface area (Å²) >= 11 is 0. The number of ether oxygens (including phenoxy) is 1. The van der Waals surface area contributed by atoms with Crippen LogP contribution in [0.3, 0.4) is 0 Å². The predicted molar refractivity (Wildman–Crippen MR) is 55.7 cm³/mol. The first-order valence-corrected chi connectivity index (χ1v) is 5.44. The predicted octanol–water partition coefficient (Wildman–Crippen LogP) is 2.32. The first-order valence-electron chi connectivity index (χ1n) is 5.44. The molecule has 78 valence electrons. The summed E-state index contributed by atoms with van der Waals surface area (Å²) in [6.45, 7) is 2.82. The van der Waals surface area contributed by atoms with E-state index in [1.807, 2.05) is 0 Å². The Morgan fingerprint density at radius 2 is 1.77 bits per heavy atom. The van der Waals surface area contributed by atoms with Gasteiger partial charge in [-0.25, -0.2) is 0 Å². The van der Waals surface area contributed by atoms with Gasteiger partial charge in [-0.3, -0.25) is 0 Å². The summed E-state index contributed by atoms with van der Waals surface area (Å²) in [7, 11) is 1.74. The van der Waals surface area contributed by atoms with Crippen LogP contribution >= 0.6 is 0 Å². The van der Waals surface area contributed by atoms with E-state index >= 15 is 0 Å². The highest BCUT2D eigenvalue weighted by atomic mass is 16.5. The van der Waals surface area contributed by atoms with Gasteiger partial charge in [-0.2, -0.15) is 0 Å². The van der Waals surface area contributed by atoms with Crippen molar-refractivity contribution >= 4 is 0 Å². The molecule has 1 unspecified atom stereocenters. The van der Waals surface area contributed by atoms with E-state index in [9.17, 15) is 0 Å². The van der Waals surface area contributed by atoms with Crippen LogP contribution in [0.25, 0.3) is 0 Å². The van der Waals surface area contributed by atoms with Gasteiger partial charge in [0, 0.05) is 12.6 Å². The standard InChI is InChI=1S/C11H23NO/c1-11(12,9-13-2)10-7-5-3-4-6-8-10/h10H,3-9,12H2,1-2H3. The van der Waals surface area contributed by atoms with Gasteiger partial charge in [0.25, 0.3) is 0 Å². The molecule has 0 aromatic carbocycles. The largest absolute Gasteiger partial charge is 0.383 e. The van der Waals surface area contributed by atoms with E-state index in [0.29, 0.717) is 12.5 Å². The van der Waals surface area contributed by atoms with Crippen LogP contribution in [-0.4, -0.2) is 19.3 Å². The maximum atomic E-state index is 6.25. The molecule has 2 N–H and O–H groups in total. The second-order valence-electron chi connectivity index (χ2n) is 4.63. The minimum absolute atomic E-state index is 0.112. The molecule has 13 heavy (non-hydrogen) atoms. The molecule has 2 heteroatoms. The molecule has 1 aliphatic carbocycles. The van der Waals surface area contributed by atoms with Gasteiger partial charge in [0.2, 0.25) is 0 Å². The third kappa shape index (κ3) is 3.28. The zero-order valence-electron chi connectivity index (χ0n) is 9.01. The van der Waals surface area contributed by atoms with E-state index < -0.39 is 0 Å². The van der Waals surface area contributed by atoms with Crippen molar-refractivity contribution in [3.05, 3.63) is 0 Å². The normalized spacial score (nSPS) is 25.2. The maximum absolute atomic E-state index is 6.25. The molecule has 0 amide bonds. The molecule has 0 spiro atoms. The lowest BCUT2D eigenvalue weighted by molar-refractivity contribution is 0.0992. The van der Waals surface area contributed by atoms with E-state index in [0.717, 1.165) is 0 Å². The van der Waals surface area contributed by atoms with Gasteiger partial charge in [0.1, 0.15) is 0 Å². The minimum Gasteiger partial charge on any atom is -0.383 e. The highest BCUT2D eigenvalue weighted by molar-refractivity contribution is 4.87. The number of nitrogens with two attached hydrogens (primary N) is 1. The second kappa shape index (κ2) is 4.97. The molecule has 1 atom stereocenters. The van der Waals surface area contributed by atoms with E-state index in [1.165, 1.54) is 38.5 Å². The van der Waals surface area contributed by atoms with Crippen molar-refractivity contribution in [1.82, 2.24) is 0 Å². The van der Waals surface area contributed by atoms with Gasteiger partial charge < -0.3 is 10.5 Å². The molecule has 0 saturated heterocycles. The van der Waals surface area contributed by atoms with Crippen molar-refractivity contribution in [2.75, 3.05) is 13.7 Å². The fraction of sp³-hybridized carbons (Fsp3) is 1.00. The van der Waals surface area contributed by atoms with E-state index in [2.05, 4.69) is 6.92 Å². The summed E-state index contributed by atoms with van der Waals surface area (Å²) in [5.74, 6) is 0.662. The molecule has 0 aromatic heterocycles. The third-order valence-electron chi connectivity index (χ3n) is 3.24. The molecule has 1 saturated carbocycles. The highest BCUT2D eigenvalue weighted by Crippen LogP contribution is 2.30. The Morgan fingerprint density at radius 3 is 2.23 bits per heavy atom. The zero-order chi connectivity index (χ0) is 9.73. The number of hydrogen-bond acceptors (Lipinski definition) is 2. The summed E-state index contributed by atoms with van der Waals surface area (Å²) in [5.41, 5.74) is 6.13. The van der Waals surface area contributed by atoms with Gasteiger partial charge in [-0.1, -0.05) is 25.7 Å². The van der Waals surface area contributed by atoms with Crippen molar-refractivity contribution in [3.8, 4) is 0 Å². The Hall–Kier alpha value is -0.0800. The van der Waals surface area contributed by atoms with Gasteiger partial charge in [0.05, 0.1) is 6.61 Å². The van der Waals surface area contributed by atoms with Gasteiger partial charge in [0.15, 0.2) is 0 Å². The van der Waals surface area contributed by atoms with Gasteiger partial charge in [-0.15, -0.1) is 0 Å². The molecule has 0 heterocycles. The summed E-state index contributed by atoms with van der Waals surface area (Å²) < 4.78 is 5.18. The lowest BCUT2D eigenvalue weighted by atomic mass is 9.82. The van der Waals surface area contributed by atoms with Crippen LogP contribution in [0.1, 0.15) is 45.4 Å². The van der Waals surface area contributed by atoms with Crippen LogP contribution in [0.4, 0.5) is 0 Å². The molecular weight excluding hydrogens is 162 g/mol. The quantitative estimate of drug-likeness (QED) is 0.685. The Balaban J connectivity index is 2.46. The third-order valence-corrected chi connectivity index (χ3v) is 3.24. The molecule has 0 aliphatic heterocycles. The zero-order valence-corrected chi connectivity index (χ0v) is 9.01. The molecule has 1 aliphatic rings. The Labute approximate surface area is 81.8 Å². The fourth-order valence-corrected chi connectivity index (χ4v) is 2.37. The first-order chi connectivity index (χ1) is 6.17. The average molecular weight is 185 g/mol. The first kappa shape index (κ1) is 11.0. The van der Waals surface area contributed by atoms with E-state index in [-0.39, 0.29) is 5.54 Å². The number of rotatable bonds is 3. The van der Waals surface area contributed by atoms with Crippen LogP contribution in [0, 0.1) is 5.92 Å². The lowest BCUT2D eigenvalue weighted by Gasteiger charge is -2.33. The van der Waals surface area contributed by atoms with Crippen molar-refractivity contribution in [1.29, 1.82) is 0 Å². The topological polar surface area (TPSA) is 35.2 Å². The van der Waals surface area contributed by atoms with Crippen LogP contribution < -0.4 is 5.73 Å². The van der Waals surface area contributed by atoms with Crippen molar-refractivity contribution < 1.29 is 4.74 Å². The lowest BCUT2D eigenvalue weighted by Crippen LogP contribution is -2.48. The Bertz CT molecular complexity index is 137. The molecule has 0 radical (unpaired) electrons. The monoisotopic (exact) mass is 185 g/mol. The second-order valence-corrected chi connectivity index (χ2v) is 4.63. The Kier molecular flexibility index (Phi) is 4.20. The fourth-order valence-electron chi connectivity index (χ4n) is 2.37. The van der Waals surface area contributed by atoms with Crippen LogP contribution in [0.2, 0.25) is 0 Å². The van der Waals surface area contributed by atoms with Crippen LogP contribution in [0.15, 0.2) is 0 Å². The highest BCUT2D eigenvalue weighted by Gasteiger charge is 2.30. The SMILES string of the molecule is COCC(C)(N)C1CCCCCC1. The maximum Gasteiger partial charge on any atom is 0.0642 e. The van der Waals surface area contributed by atoms with Crippen molar-refractivity contribution in [2.24, 2.45) is 11.7 Å². The van der Waals surface area contributed by atoms with Crippen molar-refractivity contribution in [2.45, 2.75) is 51.0 Å². The van der Waals surface area contributed by atoms with Crippen LogP contribution in [0.5, 0.6) is 0 Å². The summed E-state index contributed by atoms with van der Waals surface area (Å²) in [6, 6.07) is 0. The molecular formula is C11H23NO. The van der Waals surface area contributed by atoms with Gasteiger partial charge in [-0.05, 0) is 25.7 Å². The molecule has 1 rings (SSSR count). The molecule has 0 aromatic rings. The van der Waals surface area contributed by atoms with Crippen LogP contribution in [-0.2, 0) is 4.74 Å². The van der Waals surface area contributed by atoms with Crippen molar-refractivity contribution in [3.63, 3.8) is 0 Å². The molecule has 2 nitrogen and oxygen atoms in total. The van der Waals surface area contributed by atoms with E-state index in [1.54, 1.807) is 7.11 Å². The average Bonchev–Trinajstić information content (AvgIpc) is 2.31. The van der Waals surface area contributed by atoms with Gasteiger partial charge >= 0.3 is 0 Å². The number of hydrogen-bond donors (Lipinski definition) is 1. The summed E-state index contributed by atoms with van der Waals surface area (Å²) in [5, 5.41) is 0. The number of methoxy groups -OCH3 is 1. The molecule has 1 fully saturated rings. The smallest absolute Gasteiger partial charge is 0.0642 e. The molecule has 0 bridgehead atoms.